The van der Waals surface area contributed by atoms with Crippen molar-refractivity contribution < 1.29 is 13.2 Å². The van der Waals surface area contributed by atoms with E-state index in [1.165, 1.54) is 36.6 Å². The predicted octanol–water partition coefficient (Wildman–Crippen LogP) is 1.79. The van der Waals surface area contributed by atoms with Crippen molar-refractivity contribution in [3.8, 4) is 0 Å². The summed E-state index contributed by atoms with van der Waals surface area (Å²) >= 11 is 1.48. The number of thiazole rings is 1. The SMILES string of the molecule is CNS(=O)(=O)c1ccc(/C=C/C(=O)N/N=c2\sc3ccccc3n2C)cc1. The van der Waals surface area contributed by atoms with E-state index in [2.05, 4.69) is 15.2 Å². The van der Waals surface area contributed by atoms with Gasteiger partial charge in [-0.25, -0.2) is 18.6 Å². The van der Waals surface area contributed by atoms with Gasteiger partial charge in [-0.15, -0.1) is 5.10 Å². The number of aromatic nitrogens is 1. The standard InChI is InChI=1S/C18H18N4O3S2/c1-19-27(24,25)14-10-7-13(8-11-14)9-12-17(23)20-21-18-22(2)15-5-3-4-6-16(15)26-18/h3-12,19H,1-2H3,(H,20,23)/b12-9+,21-18-. The molecule has 3 rings (SSSR count). The van der Waals surface area contributed by atoms with Crippen LogP contribution in [0.15, 0.2) is 64.6 Å². The van der Waals surface area contributed by atoms with Crippen LogP contribution in [0.4, 0.5) is 0 Å². The van der Waals surface area contributed by atoms with Crippen LogP contribution >= 0.6 is 11.3 Å². The lowest BCUT2D eigenvalue weighted by molar-refractivity contribution is -0.116. The molecule has 0 saturated carbocycles. The van der Waals surface area contributed by atoms with Crippen LogP contribution in [0.3, 0.4) is 0 Å². The van der Waals surface area contributed by atoms with E-state index < -0.39 is 10.0 Å². The molecule has 0 aliphatic carbocycles. The van der Waals surface area contributed by atoms with Gasteiger partial charge in [0, 0.05) is 13.1 Å². The van der Waals surface area contributed by atoms with Crippen molar-refractivity contribution in [2.24, 2.45) is 12.1 Å². The average molecular weight is 403 g/mol. The first kappa shape index (κ1) is 19.0. The maximum Gasteiger partial charge on any atom is 0.264 e. The number of amides is 1. The van der Waals surface area contributed by atoms with Gasteiger partial charge in [0.25, 0.3) is 5.91 Å². The highest BCUT2D eigenvalue weighted by molar-refractivity contribution is 7.89. The number of nitrogens with one attached hydrogen (secondary N) is 2. The van der Waals surface area contributed by atoms with E-state index in [-0.39, 0.29) is 10.8 Å². The number of para-hydroxylation sites is 1. The molecule has 0 radical (unpaired) electrons. The number of carbonyl (C=O) groups is 1. The maximum absolute atomic E-state index is 12.0. The van der Waals surface area contributed by atoms with Crippen molar-refractivity contribution in [3.05, 3.63) is 65.0 Å². The zero-order chi connectivity index (χ0) is 19.4. The molecule has 0 aliphatic rings. The first-order chi connectivity index (χ1) is 12.9. The minimum absolute atomic E-state index is 0.166. The molecule has 2 N–H and O–H groups in total. The lowest BCUT2D eigenvalue weighted by Gasteiger charge is -2.02. The lowest BCUT2D eigenvalue weighted by atomic mass is 10.2. The second kappa shape index (κ2) is 7.87. The Labute approximate surface area is 160 Å². The number of benzene rings is 2. The first-order valence-corrected chi connectivity index (χ1v) is 10.3. The fourth-order valence-corrected chi connectivity index (χ4v) is 4.09. The molecule has 0 atom stereocenters. The molecule has 3 aromatic rings. The first-order valence-electron chi connectivity index (χ1n) is 8.00. The van der Waals surface area contributed by atoms with E-state index >= 15 is 0 Å². The van der Waals surface area contributed by atoms with Gasteiger partial charge < -0.3 is 4.57 Å². The van der Waals surface area contributed by atoms with E-state index in [9.17, 15) is 13.2 Å². The molecule has 140 valence electrons. The van der Waals surface area contributed by atoms with Crippen LogP contribution in [0, 0.1) is 0 Å². The molecule has 0 unspecified atom stereocenters. The third kappa shape index (κ3) is 4.33. The summed E-state index contributed by atoms with van der Waals surface area (Å²) in [4.78, 5) is 12.8. The minimum atomic E-state index is -3.47. The number of sulfonamides is 1. The number of hydrogen-bond acceptors (Lipinski definition) is 5. The Morgan fingerprint density at radius 1 is 1.15 bits per heavy atom. The number of rotatable bonds is 5. The van der Waals surface area contributed by atoms with Crippen LogP contribution in [0.5, 0.6) is 0 Å². The van der Waals surface area contributed by atoms with Gasteiger partial charge in [0.1, 0.15) is 0 Å². The summed E-state index contributed by atoms with van der Waals surface area (Å²) in [6, 6.07) is 14.1. The van der Waals surface area contributed by atoms with Gasteiger partial charge in [-0.05, 0) is 43.0 Å². The van der Waals surface area contributed by atoms with Crippen molar-refractivity contribution in [1.29, 1.82) is 0 Å². The van der Waals surface area contributed by atoms with Crippen molar-refractivity contribution in [1.82, 2.24) is 14.7 Å². The second-order valence-electron chi connectivity index (χ2n) is 5.61. The zero-order valence-corrected chi connectivity index (χ0v) is 16.3. The quantitative estimate of drug-likeness (QED) is 0.503. The summed E-state index contributed by atoms with van der Waals surface area (Å²) < 4.78 is 28.6. The Morgan fingerprint density at radius 3 is 2.52 bits per heavy atom. The van der Waals surface area contributed by atoms with E-state index in [1.54, 1.807) is 18.2 Å². The molecule has 0 saturated heterocycles. The summed E-state index contributed by atoms with van der Waals surface area (Å²) in [6.07, 6.45) is 2.93. The van der Waals surface area contributed by atoms with Crippen molar-refractivity contribution >= 4 is 43.6 Å². The molecule has 1 heterocycles. The summed E-state index contributed by atoms with van der Waals surface area (Å²) in [5.41, 5.74) is 4.24. The molecule has 0 bridgehead atoms. The van der Waals surface area contributed by atoms with Gasteiger partial charge in [-0.3, -0.25) is 4.79 Å². The van der Waals surface area contributed by atoms with E-state index in [0.29, 0.717) is 10.4 Å². The molecule has 0 aliphatic heterocycles. The lowest BCUT2D eigenvalue weighted by Crippen LogP contribution is -2.21. The summed E-state index contributed by atoms with van der Waals surface area (Å²) in [5.74, 6) is -0.376. The molecular weight excluding hydrogens is 384 g/mol. The van der Waals surface area contributed by atoms with Crippen LogP contribution in [-0.2, 0) is 21.9 Å². The topological polar surface area (TPSA) is 92.6 Å². The molecule has 0 spiro atoms. The van der Waals surface area contributed by atoms with E-state index in [4.69, 9.17) is 0 Å². The maximum atomic E-state index is 12.0. The fraction of sp³-hybridized carbons (Fsp3) is 0.111. The smallest absolute Gasteiger partial charge is 0.264 e. The average Bonchev–Trinajstić information content (AvgIpc) is 3.01. The van der Waals surface area contributed by atoms with Gasteiger partial charge in [0.2, 0.25) is 14.8 Å². The highest BCUT2D eigenvalue weighted by Gasteiger charge is 2.09. The largest absolute Gasteiger partial charge is 0.318 e. The number of fused-ring (bicyclic) bond motifs is 1. The Balaban J connectivity index is 1.71. The van der Waals surface area contributed by atoms with E-state index in [1.807, 2.05) is 35.9 Å². The Kier molecular flexibility index (Phi) is 5.54. The normalized spacial score (nSPS) is 12.7. The van der Waals surface area contributed by atoms with Crippen LogP contribution in [0.25, 0.3) is 16.3 Å². The highest BCUT2D eigenvalue weighted by atomic mass is 32.2. The van der Waals surface area contributed by atoms with Crippen LogP contribution < -0.4 is 14.9 Å². The second-order valence-corrected chi connectivity index (χ2v) is 8.50. The van der Waals surface area contributed by atoms with Crippen LogP contribution in [0.2, 0.25) is 0 Å². The summed E-state index contributed by atoms with van der Waals surface area (Å²) in [5, 5.41) is 4.16. The Hall–Kier alpha value is -2.75. The number of nitrogens with zero attached hydrogens (tertiary/aromatic N) is 2. The van der Waals surface area contributed by atoms with Crippen LogP contribution in [-0.4, -0.2) is 25.9 Å². The minimum Gasteiger partial charge on any atom is -0.318 e. The highest BCUT2D eigenvalue weighted by Crippen LogP contribution is 2.15. The van der Waals surface area contributed by atoms with Crippen molar-refractivity contribution in [3.63, 3.8) is 0 Å². The van der Waals surface area contributed by atoms with Crippen molar-refractivity contribution in [2.45, 2.75) is 4.90 Å². The monoisotopic (exact) mass is 402 g/mol. The predicted molar refractivity (Wildman–Crippen MR) is 106 cm³/mol. The molecule has 2 aromatic carbocycles. The Bertz CT molecular complexity index is 1170. The van der Waals surface area contributed by atoms with Gasteiger partial charge in [-0.1, -0.05) is 35.6 Å². The number of carbonyl (C=O) groups excluding carboxylic acids is 1. The molecule has 1 amide bonds. The van der Waals surface area contributed by atoms with Gasteiger partial charge in [0.15, 0.2) is 0 Å². The van der Waals surface area contributed by atoms with Gasteiger partial charge in [-0.2, -0.15) is 0 Å². The molecule has 27 heavy (non-hydrogen) atoms. The third-order valence-corrected chi connectivity index (χ3v) is 6.41. The molecular formula is C18H18N4O3S2. The van der Waals surface area contributed by atoms with Crippen molar-refractivity contribution in [2.75, 3.05) is 7.05 Å². The van der Waals surface area contributed by atoms with Gasteiger partial charge >= 0.3 is 0 Å². The van der Waals surface area contributed by atoms with E-state index in [0.717, 1.165) is 10.2 Å². The Morgan fingerprint density at radius 2 is 1.85 bits per heavy atom. The number of hydrogen-bond donors (Lipinski definition) is 2. The molecule has 9 heteroatoms. The van der Waals surface area contributed by atoms with Gasteiger partial charge in [0.05, 0.1) is 15.1 Å². The summed E-state index contributed by atoms with van der Waals surface area (Å²) in [7, 11) is -0.226. The molecule has 0 fully saturated rings. The third-order valence-electron chi connectivity index (χ3n) is 3.86. The zero-order valence-electron chi connectivity index (χ0n) is 14.7. The van der Waals surface area contributed by atoms with Crippen LogP contribution in [0.1, 0.15) is 5.56 Å². The molecule has 7 nitrogen and oxygen atoms in total. The number of aryl methyl sites for hydroxylation is 1. The molecule has 1 aromatic heterocycles. The summed E-state index contributed by atoms with van der Waals surface area (Å²) in [6.45, 7) is 0. The fourth-order valence-electron chi connectivity index (χ4n) is 2.38.